The minimum Gasteiger partial charge on any atom is -0.411 e. The summed E-state index contributed by atoms with van der Waals surface area (Å²) in [5, 5.41) is 10.4. The number of ether oxygens (including phenoxy) is 1. The third kappa shape index (κ3) is 5.01. The zero-order chi connectivity index (χ0) is 17.1. The highest BCUT2D eigenvalue weighted by Crippen LogP contribution is 2.38. The Balaban J connectivity index is 1.95. The molecule has 0 saturated heterocycles. The molecule has 1 aromatic rings. The van der Waals surface area contributed by atoms with Crippen molar-refractivity contribution in [3.8, 4) is 0 Å². The molecule has 3 nitrogen and oxygen atoms in total. The van der Waals surface area contributed by atoms with Gasteiger partial charge in [0, 0.05) is 6.42 Å². The zero-order valence-corrected chi connectivity index (χ0v) is 16.0. The van der Waals surface area contributed by atoms with Crippen molar-refractivity contribution in [2.24, 2.45) is 0 Å². The predicted octanol–water partition coefficient (Wildman–Crippen LogP) is 4.28. The molecule has 0 radical (unpaired) electrons. The fourth-order valence-corrected chi connectivity index (χ4v) is 3.73. The summed E-state index contributed by atoms with van der Waals surface area (Å²) in [7, 11) is -1.90. The highest BCUT2D eigenvalue weighted by molar-refractivity contribution is 6.74. The predicted molar refractivity (Wildman–Crippen MR) is 96.9 cm³/mol. The van der Waals surface area contributed by atoms with Gasteiger partial charge in [0.05, 0.1) is 24.9 Å². The molecule has 0 amide bonds. The number of aliphatic hydroxyl groups excluding tert-OH is 1. The quantitative estimate of drug-likeness (QED) is 0.645. The number of rotatable bonds is 5. The zero-order valence-electron chi connectivity index (χ0n) is 15.0. The van der Waals surface area contributed by atoms with Crippen molar-refractivity contribution in [1.82, 2.24) is 0 Å². The van der Waals surface area contributed by atoms with E-state index in [2.05, 4.69) is 46.0 Å². The van der Waals surface area contributed by atoms with Gasteiger partial charge in [-0.2, -0.15) is 0 Å². The first kappa shape index (κ1) is 18.4. The monoisotopic (exact) mass is 334 g/mol. The summed E-state index contributed by atoms with van der Waals surface area (Å²) in [6, 6.07) is 10.2. The first-order valence-corrected chi connectivity index (χ1v) is 11.3. The topological polar surface area (TPSA) is 38.7 Å². The highest BCUT2D eigenvalue weighted by Gasteiger charge is 2.41. The molecule has 128 valence electrons. The molecule has 0 bridgehead atoms. The molecule has 1 aromatic carbocycles. The van der Waals surface area contributed by atoms with Crippen LogP contribution in [-0.4, -0.2) is 31.7 Å². The molecule has 0 heterocycles. The Morgan fingerprint density at radius 3 is 2.39 bits per heavy atom. The minimum absolute atomic E-state index is 0.00613. The minimum atomic E-state index is -1.90. The molecule has 1 N–H and O–H groups in total. The lowest BCUT2D eigenvalue weighted by Gasteiger charge is -2.41. The molecule has 1 aliphatic carbocycles. The molecule has 4 heteroatoms. The van der Waals surface area contributed by atoms with Crippen LogP contribution < -0.4 is 0 Å². The van der Waals surface area contributed by atoms with Crippen molar-refractivity contribution in [1.29, 1.82) is 0 Å². The average molecular weight is 335 g/mol. The maximum absolute atomic E-state index is 10.3. The van der Waals surface area contributed by atoms with Gasteiger partial charge >= 0.3 is 0 Å². The molecule has 0 spiro atoms. The van der Waals surface area contributed by atoms with Gasteiger partial charge in [-0.3, -0.25) is 0 Å². The van der Waals surface area contributed by atoms with E-state index >= 15 is 0 Å². The van der Waals surface area contributed by atoms with Crippen LogP contribution in [0.5, 0.6) is 0 Å². The molecule has 2 rings (SSSR count). The van der Waals surface area contributed by atoms with E-state index in [1.165, 1.54) is 0 Å². The van der Waals surface area contributed by atoms with Crippen LogP contribution in [0.3, 0.4) is 0 Å². The van der Waals surface area contributed by atoms with Crippen molar-refractivity contribution in [3.05, 3.63) is 48.0 Å². The molecule has 1 aliphatic rings. The van der Waals surface area contributed by atoms with Gasteiger partial charge in [0.15, 0.2) is 8.32 Å². The Morgan fingerprint density at radius 1 is 1.13 bits per heavy atom. The molecular formula is C19H30O3Si. The Labute approximate surface area is 141 Å². The average Bonchev–Trinajstić information content (AvgIpc) is 2.48. The second-order valence-electron chi connectivity index (χ2n) is 7.86. The van der Waals surface area contributed by atoms with Crippen LogP contribution in [0.1, 0.15) is 32.8 Å². The van der Waals surface area contributed by atoms with Gasteiger partial charge in [0.1, 0.15) is 0 Å². The lowest BCUT2D eigenvalue weighted by Crippen LogP contribution is -2.48. The fourth-order valence-electron chi connectivity index (χ4n) is 2.38. The van der Waals surface area contributed by atoms with Crippen LogP contribution in [0.4, 0.5) is 0 Å². The first-order valence-electron chi connectivity index (χ1n) is 8.39. The SMILES string of the molecule is CC(C)(C)[Si](C)(C)O[C@@H]1C[C@H](OCc2ccccc2)C=C[C@H]1O. The Kier molecular flexibility index (Phi) is 5.84. The van der Waals surface area contributed by atoms with E-state index in [1.807, 2.05) is 30.4 Å². The smallest absolute Gasteiger partial charge is 0.192 e. The molecular weight excluding hydrogens is 304 g/mol. The third-order valence-electron chi connectivity index (χ3n) is 4.93. The summed E-state index contributed by atoms with van der Waals surface area (Å²) < 4.78 is 12.4. The molecule has 0 aromatic heterocycles. The van der Waals surface area contributed by atoms with Crippen molar-refractivity contribution in [3.63, 3.8) is 0 Å². The number of hydrogen-bond donors (Lipinski definition) is 1. The van der Waals surface area contributed by atoms with Gasteiger partial charge in [-0.15, -0.1) is 0 Å². The van der Waals surface area contributed by atoms with E-state index in [0.717, 1.165) is 5.56 Å². The molecule has 0 fully saturated rings. The summed E-state index contributed by atoms with van der Waals surface area (Å²) in [6.07, 6.45) is 3.75. The summed E-state index contributed by atoms with van der Waals surface area (Å²) in [5.41, 5.74) is 1.16. The summed E-state index contributed by atoms with van der Waals surface area (Å²) in [6.45, 7) is 11.7. The van der Waals surface area contributed by atoms with Gasteiger partial charge in [-0.1, -0.05) is 63.3 Å². The Morgan fingerprint density at radius 2 is 1.78 bits per heavy atom. The maximum atomic E-state index is 10.3. The van der Waals surface area contributed by atoms with E-state index in [4.69, 9.17) is 9.16 Å². The second kappa shape index (κ2) is 7.30. The van der Waals surface area contributed by atoms with E-state index < -0.39 is 14.4 Å². The summed E-state index contributed by atoms with van der Waals surface area (Å²) >= 11 is 0. The first-order chi connectivity index (χ1) is 10.7. The number of benzene rings is 1. The van der Waals surface area contributed by atoms with Gasteiger partial charge in [-0.05, 0) is 23.7 Å². The number of hydrogen-bond acceptors (Lipinski definition) is 3. The van der Waals surface area contributed by atoms with Crippen LogP contribution in [0, 0.1) is 0 Å². The van der Waals surface area contributed by atoms with E-state index in [9.17, 15) is 5.11 Å². The van der Waals surface area contributed by atoms with Gasteiger partial charge in [0.25, 0.3) is 0 Å². The van der Waals surface area contributed by atoms with E-state index in [-0.39, 0.29) is 17.2 Å². The molecule has 23 heavy (non-hydrogen) atoms. The standard InChI is InChI=1S/C19H30O3Si/c1-19(2,3)23(4,5)22-18-13-16(11-12-17(18)20)21-14-15-9-7-6-8-10-15/h6-12,16-18,20H,13-14H2,1-5H3/t16-,17-,18-/m1/s1. The third-order valence-corrected chi connectivity index (χ3v) is 9.43. The lowest BCUT2D eigenvalue weighted by molar-refractivity contribution is -0.0135. The van der Waals surface area contributed by atoms with Crippen molar-refractivity contribution in [2.75, 3.05) is 0 Å². The fraction of sp³-hybridized carbons (Fsp3) is 0.579. The second-order valence-corrected chi connectivity index (χ2v) is 12.6. The van der Waals surface area contributed by atoms with E-state index in [0.29, 0.717) is 13.0 Å². The van der Waals surface area contributed by atoms with Crippen LogP contribution in [0.25, 0.3) is 0 Å². The van der Waals surface area contributed by atoms with Crippen LogP contribution in [0.2, 0.25) is 18.1 Å². The largest absolute Gasteiger partial charge is 0.411 e. The Bertz CT molecular complexity index is 519. The van der Waals surface area contributed by atoms with Crippen molar-refractivity contribution >= 4 is 8.32 Å². The summed E-state index contributed by atoms with van der Waals surface area (Å²) in [5.74, 6) is 0. The van der Waals surface area contributed by atoms with Gasteiger partial charge < -0.3 is 14.3 Å². The van der Waals surface area contributed by atoms with Crippen LogP contribution in [0.15, 0.2) is 42.5 Å². The molecule has 0 unspecified atom stereocenters. The molecule has 3 atom stereocenters. The van der Waals surface area contributed by atoms with Crippen molar-refractivity contribution < 1.29 is 14.3 Å². The van der Waals surface area contributed by atoms with Crippen LogP contribution in [-0.2, 0) is 15.8 Å². The maximum Gasteiger partial charge on any atom is 0.192 e. The van der Waals surface area contributed by atoms with Gasteiger partial charge in [-0.25, -0.2) is 0 Å². The highest BCUT2D eigenvalue weighted by atomic mass is 28.4. The van der Waals surface area contributed by atoms with Gasteiger partial charge in [0.2, 0.25) is 0 Å². The molecule has 0 aliphatic heterocycles. The number of aliphatic hydroxyl groups is 1. The van der Waals surface area contributed by atoms with E-state index in [1.54, 1.807) is 0 Å². The van der Waals surface area contributed by atoms with Crippen LogP contribution >= 0.6 is 0 Å². The van der Waals surface area contributed by atoms with Crippen molar-refractivity contribution in [2.45, 2.75) is 70.2 Å². The summed E-state index contributed by atoms with van der Waals surface area (Å²) in [4.78, 5) is 0. The lowest BCUT2D eigenvalue weighted by atomic mass is 9.99. The normalized spacial score (nSPS) is 25.6. The molecule has 0 saturated carbocycles. The Hall–Kier alpha value is -0.943.